The molecule has 2 aromatic rings. The van der Waals surface area contributed by atoms with Crippen molar-refractivity contribution in [2.24, 2.45) is 5.73 Å². The first-order chi connectivity index (χ1) is 8.74. The van der Waals surface area contributed by atoms with Crippen LogP contribution in [0.15, 0.2) is 41.0 Å². The topological polar surface area (TPSA) is 48.4 Å². The van der Waals surface area contributed by atoms with Gasteiger partial charge in [0.2, 0.25) is 0 Å². The number of furan rings is 1. The number of rotatable bonds is 5. The van der Waals surface area contributed by atoms with Crippen LogP contribution in [-0.2, 0) is 0 Å². The van der Waals surface area contributed by atoms with Gasteiger partial charge in [0.25, 0.3) is 0 Å². The molecule has 0 aliphatic carbocycles. The van der Waals surface area contributed by atoms with Gasteiger partial charge in [0.1, 0.15) is 11.5 Å². The number of hydrogen-bond donors (Lipinski definition) is 1. The molecule has 0 aliphatic rings. The van der Waals surface area contributed by atoms with Gasteiger partial charge in [-0.05, 0) is 31.0 Å². The number of hydrogen-bond acceptors (Lipinski definition) is 3. The van der Waals surface area contributed by atoms with Crippen molar-refractivity contribution in [2.75, 3.05) is 6.61 Å². The first-order valence-electron chi connectivity index (χ1n) is 6.25. The fourth-order valence-electron chi connectivity index (χ4n) is 1.93. The highest BCUT2D eigenvalue weighted by Gasteiger charge is 2.18. The fourth-order valence-corrected chi connectivity index (χ4v) is 1.93. The fraction of sp³-hybridized carbons (Fsp3) is 0.333. The number of para-hydroxylation sites is 1. The molecule has 0 fully saturated rings. The van der Waals surface area contributed by atoms with Gasteiger partial charge in [0.05, 0.1) is 18.9 Å². The van der Waals surface area contributed by atoms with Crippen molar-refractivity contribution in [3.05, 3.63) is 53.5 Å². The molecule has 2 rings (SSSR count). The summed E-state index contributed by atoms with van der Waals surface area (Å²) in [4.78, 5) is 0. The molecule has 0 bridgehead atoms. The van der Waals surface area contributed by atoms with E-state index in [4.69, 9.17) is 14.9 Å². The summed E-state index contributed by atoms with van der Waals surface area (Å²) in [6.07, 6.45) is 2.64. The van der Waals surface area contributed by atoms with Crippen LogP contribution < -0.4 is 10.5 Å². The highest BCUT2D eigenvalue weighted by molar-refractivity contribution is 5.40. The van der Waals surface area contributed by atoms with Crippen LogP contribution in [0.1, 0.15) is 36.3 Å². The summed E-state index contributed by atoms with van der Waals surface area (Å²) >= 11 is 0. The Labute approximate surface area is 108 Å². The van der Waals surface area contributed by atoms with Gasteiger partial charge in [-0.3, -0.25) is 0 Å². The molecule has 1 unspecified atom stereocenters. The minimum Gasteiger partial charge on any atom is -0.493 e. The Morgan fingerprint density at radius 2 is 2.06 bits per heavy atom. The second-order valence-corrected chi connectivity index (χ2v) is 4.33. The molecule has 0 radical (unpaired) electrons. The molecule has 1 atom stereocenters. The zero-order chi connectivity index (χ0) is 13.0. The summed E-state index contributed by atoms with van der Waals surface area (Å²) in [6, 6.07) is 9.49. The Balaban J connectivity index is 2.30. The lowest BCUT2D eigenvalue weighted by atomic mass is 10.0. The molecule has 0 spiro atoms. The van der Waals surface area contributed by atoms with Crippen LogP contribution >= 0.6 is 0 Å². The quantitative estimate of drug-likeness (QED) is 0.878. The van der Waals surface area contributed by atoms with E-state index in [2.05, 4.69) is 6.92 Å². The molecule has 0 aliphatic heterocycles. The summed E-state index contributed by atoms with van der Waals surface area (Å²) in [7, 11) is 0. The monoisotopic (exact) mass is 245 g/mol. The lowest BCUT2D eigenvalue weighted by molar-refractivity contribution is 0.312. The summed E-state index contributed by atoms with van der Waals surface area (Å²) in [6.45, 7) is 4.77. The van der Waals surface area contributed by atoms with Crippen LogP contribution in [0.3, 0.4) is 0 Å². The van der Waals surface area contributed by atoms with Crippen LogP contribution in [0.2, 0.25) is 0 Å². The summed E-state index contributed by atoms with van der Waals surface area (Å²) in [5, 5.41) is 0. The number of benzene rings is 1. The van der Waals surface area contributed by atoms with Crippen molar-refractivity contribution < 1.29 is 9.15 Å². The standard InChI is InChI=1S/C15H19NO2/c1-3-9-17-13-7-5-4-6-12(13)14(16)15-11(2)8-10-18-15/h4-8,10,14H,3,9,16H2,1-2H3. The lowest BCUT2D eigenvalue weighted by Gasteiger charge is -2.15. The molecule has 3 heteroatoms. The lowest BCUT2D eigenvalue weighted by Crippen LogP contribution is -2.14. The van der Waals surface area contributed by atoms with Crippen molar-refractivity contribution >= 4 is 0 Å². The highest BCUT2D eigenvalue weighted by Crippen LogP contribution is 2.30. The second-order valence-electron chi connectivity index (χ2n) is 4.33. The summed E-state index contributed by atoms with van der Waals surface area (Å²) in [5.74, 6) is 1.63. The molecule has 1 aromatic carbocycles. The largest absolute Gasteiger partial charge is 0.493 e. The Kier molecular flexibility index (Phi) is 4.05. The Bertz CT molecular complexity index is 505. The molecule has 1 aromatic heterocycles. The maximum Gasteiger partial charge on any atom is 0.128 e. The highest BCUT2D eigenvalue weighted by atomic mass is 16.5. The van der Waals surface area contributed by atoms with Crippen LogP contribution in [0, 0.1) is 6.92 Å². The van der Waals surface area contributed by atoms with E-state index in [1.807, 2.05) is 37.3 Å². The average Bonchev–Trinajstić information content (AvgIpc) is 2.82. The van der Waals surface area contributed by atoms with E-state index in [9.17, 15) is 0 Å². The predicted molar refractivity (Wildman–Crippen MR) is 71.7 cm³/mol. The third kappa shape index (κ3) is 2.57. The van der Waals surface area contributed by atoms with E-state index in [1.165, 1.54) is 0 Å². The zero-order valence-corrected chi connectivity index (χ0v) is 10.8. The van der Waals surface area contributed by atoms with Gasteiger partial charge in [-0.25, -0.2) is 0 Å². The van der Waals surface area contributed by atoms with Crippen LogP contribution in [0.4, 0.5) is 0 Å². The SMILES string of the molecule is CCCOc1ccccc1C(N)c1occc1C. The van der Waals surface area contributed by atoms with Gasteiger partial charge < -0.3 is 14.9 Å². The van der Waals surface area contributed by atoms with Crippen LogP contribution in [0.5, 0.6) is 5.75 Å². The van der Waals surface area contributed by atoms with Crippen molar-refractivity contribution in [1.29, 1.82) is 0 Å². The number of nitrogens with two attached hydrogens (primary N) is 1. The van der Waals surface area contributed by atoms with Crippen molar-refractivity contribution in [3.63, 3.8) is 0 Å². The first kappa shape index (κ1) is 12.7. The molecule has 1 heterocycles. The van der Waals surface area contributed by atoms with Crippen LogP contribution in [0.25, 0.3) is 0 Å². The van der Waals surface area contributed by atoms with Gasteiger partial charge in [-0.2, -0.15) is 0 Å². The maximum atomic E-state index is 6.26. The summed E-state index contributed by atoms with van der Waals surface area (Å²) in [5.41, 5.74) is 8.29. The number of ether oxygens (including phenoxy) is 1. The van der Waals surface area contributed by atoms with E-state index in [-0.39, 0.29) is 6.04 Å². The predicted octanol–water partition coefficient (Wildman–Crippen LogP) is 3.42. The smallest absolute Gasteiger partial charge is 0.128 e. The molecule has 3 nitrogen and oxygen atoms in total. The normalized spacial score (nSPS) is 12.4. The summed E-state index contributed by atoms with van der Waals surface area (Å²) < 4.78 is 11.2. The molecular formula is C15H19NO2. The van der Waals surface area contributed by atoms with E-state index < -0.39 is 0 Å². The van der Waals surface area contributed by atoms with Gasteiger partial charge in [-0.15, -0.1) is 0 Å². The molecule has 0 saturated carbocycles. The molecule has 0 saturated heterocycles. The van der Waals surface area contributed by atoms with E-state index in [0.29, 0.717) is 6.61 Å². The molecule has 18 heavy (non-hydrogen) atoms. The third-order valence-electron chi connectivity index (χ3n) is 2.90. The average molecular weight is 245 g/mol. The zero-order valence-electron chi connectivity index (χ0n) is 10.8. The van der Waals surface area contributed by atoms with E-state index in [0.717, 1.165) is 29.1 Å². The maximum absolute atomic E-state index is 6.26. The van der Waals surface area contributed by atoms with Gasteiger partial charge >= 0.3 is 0 Å². The molecule has 2 N–H and O–H groups in total. The molecular weight excluding hydrogens is 226 g/mol. The molecule has 96 valence electrons. The second kappa shape index (κ2) is 5.74. The first-order valence-corrected chi connectivity index (χ1v) is 6.25. The molecule has 0 amide bonds. The van der Waals surface area contributed by atoms with Crippen molar-refractivity contribution in [3.8, 4) is 5.75 Å². The van der Waals surface area contributed by atoms with Gasteiger partial charge in [0.15, 0.2) is 0 Å². The minimum atomic E-state index is -0.284. The van der Waals surface area contributed by atoms with Gasteiger partial charge in [-0.1, -0.05) is 25.1 Å². The number of aryl methyl sites for hydroxylation is 1. The van der Waals surface area contributed by atoms with E-state index in [1.54, 1.807) is 6.26 Å². The Hall–Kier alpha value is -1.74. The van der Waals surface area contributed by atoms with Gasteiger partial charge in [0, 0.05) is 5.56 Å². The van der Waals surface area contributed by atoms with Crippen molar-refractivity contribution in [2.45, 2.75) is 26.3 Å². The van der Waals surface area contributed by atoms with Crippen LogP contribution in [-0.4, -0.2) is 6.61 Å². The van der Waals surface area contributed by atoms with E-state index >= 15 is 0 Å². The Morgan fingerprint density at radius 1 is 1.28 bits per heavy atom. The third-order valence-corrected chi connectivity index (χ3v) is 2.90. The Morgan fingerprint density at radius 3 is 2.72 bits per heavy atom. The minimum absolute atomic E-state index is 0.284. The van der Waals surface area contributed by atoms with Crippen molar-refractivity contribution in [1.82, 2.24) is 0 Å².